The molecule has 2 heterocycles. The Kier molecular flexibility index (Phi) is 10.9. The third-order valence-corrected chi connectivity index (χ3v) is 10.1. The van der Waals surface area contributed by atoms with Crippen molar-refractivity contribution in [1.29, 1.82) is 0 Å². The van der Waals surface area contributed by atoms with Crippen molar-refractivity contribution in [3.05, 3.63) is 101 Å². The third-order valence-electron chi connectivity index (χ3n) is 8.48. The molecule has 258 valence electrons. The van der Waals surface area contributed by atoms with Gasteiger partial charge < -0.3 is 25.4 Å². The van der Waals surface area contributed by atoms with Crippen LogP contribution in [0, 0.1) is 0 Å². The maximum atomic E-state index is 13.8. The summed E-state index contributed by atoms with van der Waals surface area (Å²) in [6.07, 6.45) is -2.89. The Morgan fingerprint density at radius 1 is 1.04 bits per heavy atom. The number of rotatable bonds is 10. The predicted octanol–water partition coefficient (Wildman–Crippen LogP) is 4.89. The Morgan fingerprint density at radius 3 is 2.31 bits per heavy atom. The maximum Gasteiger partial charge on any atom is 0.416 e. The molecule has 1 aromatic heterocycles. The van der Waals surface area contributed by atoms with E-state index in [2.05, 4.69) is 10.6 Å². The van der Waals surface area contributed by atoms with Crippen LogP contribution in [0.3, 0.4) is 0 Å². The van der Waals surface area contributed by atoms with Gasteiger partial charge in [0.2, 0.25) is 0 Å². The van der Waals surface area contributed by atoms with E-state index in [0.717, 1.165) is 34.2 Å². The second-order valence-electron chi connectivity index (χ2n) is 12.1. The third kappa shape index (κ3) is 8.00. The summed E-state index contributed by atoms with van der Waals surface area (Å²) in [6.45, 7) is 5.13. The van der Waals surface area contributed by atoms with E-state index in [-0.39, 0.29) is 30.9 Å². The van der Waals surface area contributed by atoms with Crippen LogP contribution in [0.15, 0.2) is 72.9 Å². The number of halogens is 3. The van der Waals surface area contributed by atoms with Gasteiger partial charge in [-0.25, -0.2) is 8.42 Å². The fourth-order valence-corrected chi connectivity index (χ4v) is 6.91. The Hall–Kier alpha value is -4.40. The molecule has 1 aliphatic heterocycles. The lowest BCUT2D eigenvalue weighted by atomic mass is 9.92. The van der Waals surface area contributed by atoms with E-state index in [1.54, 1.807) is 42.8 Å². The molecule has 0 saturated carbocycles. The van der Waals surface area contributed by atoms with Crippen LogP contribution in [-0.4, -0.2) is 61.3 Å². The molecule has 0 saturated heterocycles. The zero-order chi connectivity index (χ0) is 35.4. The number of aryl methyl sites for hydroxylation is 1. The molecule has 2 atom stereocenters. The summed E-state index contributed by atoms with van der Waals surface area (Å²) in [6, 6.07) is 16.8. The number of aliphatic hydroxyl groups is 1. The smallest absolute Gasteiger partial charge is 0.416 e. The van der Waals surface area contributed by atoms with Gasteiger partial charge in [-0.1, -0.05) is 49.4 Å². The van der Waals surface area contributed by atoms with Gasteiger partial charge in [0.05, 0.1) is 28.9 Å². The molecule has 0 radical (unpaired) electrons. The average molecular weight is 689 g/mol. The van der Waals surface area contributed by atoms with E-state index in [9.17, 15) is 31.5 Å². The lowest BCUT2D eigenvalue weighted by molar-refractivity contribution is -0.137. The molecule has 4 aromatic rings. The standard InChI is InChI=1S/C33H37F3N4O4S.CH2O2/c1-5-22-19-40-20-45(43,44)39(4)28-16-23(15-26(22)30(28)40)31(42)38-27(14-21-10-7-6-8-11-21)29(41)18-37-32(2,3)24-12-9-13-25(17-24)33(34,35)36;2-1-3/h6-13,15-17,19,27,29,37,41H,5,14,18,20H2,1-4H3,(H,38,42);1H,(H,2,3)/t27-,29+;/m0./s1. The number of benzene rings is 3. The Balaban J connectivity index is 0.00000167. The largest absolute Gasteiger partial charge is 0.483 e. The number of hydrogen-bond donors (Lipinski definition) is 4. The number of nitrogens with one attached hydrogen (secondary N) is 2. The molecule has 0 aliphatic carbocycles. The zero-order valence-electron chi connectivity index (χ0n) is 27.0. The minimum absolute atomic E-state index is 0.0326. The summed E-state index contributed by atoms with van der Waals surface area (Å²) in [5, 5.41) is 25.2. The van der Waals surface area contributed by atoms with Crippen molar-refractivity contribution in [3.8, 4) is 0 Å². The minimum Gasteiger partial charge on any atom is -0.483 e. The number of aliphatic hydroxyl groups excluding tert-OH is 1. The first kappa shape index (κ1) is 36.4. The number of amides is 1. The highest BCUT2D eigenvalue weighted by Crippen LogP contribution is 2.37. The molecule has 5 rings (SSSR count). The summed E-state index contributed by atoms with van der Waals surface area (Å²) in [4.78, 5) is 22.1. The molecule has 10 nitrogen and oxygen atoms in total. The van der Waals surface area contributed by atoms with Gasteiger partial charge in [0.1, 0.15) is 5.88 Å². The number of hydrogen-bond acceptors (Lipinski definition) is 6. The van der Waals surface area contributed by atoms with Crippen molar-refractivity contribution in [2.24, 2.45) is 0 Å². The molecule has 0 unspecified atom stereocenters. The Morgan fingerprint density at radius 2 is 1.69 bits per heavy atom. The highest BCUT2D eigenvalue weighted by molar-refractivity contribution is 7.91. The Labute approximate surface area is 277 Å². The first-order chi connectivity index (χ1) is 22.5. The highest BCUT2D eigenvalue weighted by Gasteiger charge is 2.34. The number of aromatic nitrogens is 1. The second kappa shape index (κ2) is 14.4. The van der Waals surface area contributed by atoms with Crippen LogP contribution in [0.2, 0.25) is 0 Å². The molecular formula is C34H39F3N4O6S. The molecule has 1 amide bonds. The summed E-state index contributed by atoms with van der Waals surface area (Å²) >= 11 is 0. The fraction of sp³-hybridized carbons (Fsp3) is 0.353. The maximum absolute atomic E-state index is 13.8. The fourth-order valence-electron chi connectivity index (χ4n) is 5.75. The first-order valence-electron chi connectivity index (χ1n) is 15.2. The van der Waals surface area contributed by atoms with E-state index in [1.807, 2.05) is 37.3 Å². The van der Waals surface area contributed by atoms with Gasteiger partial charge in [0, 0.05) is 36.3 Å². The number of carbonyl (C=O) groups excluding carboxylic acids is 1. The summed E-state index contributed by atoms with van der Waals surface area (Å²) in [5.41, 5.74) is 1.85. The van der Waals surface area contributed by atoms with Gasteiger partial charge in [-0.3, -0.25) is 13.9 Å². The normalized spacial score (nSPS) is 15.3. The van der Waals surface area contributed by atoms with Crippen molar-refractivity contribution >= 4 is 39.0 Å². The monoisotopic (exact) mass is 688 g/mol. The number of anilines is 1. The van der Waals surface area contributed by atoms with Crippen LogP contribution < -0.4 is 14.9 Å². The van der Waals surface area contributed by atoms with Crippen molar-refractivity contribution in [2.45, 2.75) is 63.4 Å². The van der Waals surface area contributed by atoms with Crippen LogP contribution in [0.25, 0.3) is 10.9 Å². The molecule has 3 aromatic carbocycles. The van der Waals surface area contributed by atoms with Crippen molar-refractivity contribution in [3.63, 3.8) is 0 Å². The number of sulfonamides is 1. The molecule has 0 fully saturated rings. The van der Waals surface area contributed by atoms with Gasteiger partial charge in [-0.2, -0.15) is 13.2 Å². The first-order valence-corrected chi connectivity index (χ1v) is 16.8. The molecule has 4 N–H and O–H groups in total. The summed E-state index contributed by atoms with van der Waals surface area (Å²) in [5.74, 6) is -0.676. The molecule has 14 heteroatoms. The Bertz CT molecular complexity index is 1880. The van der Waals surface area contributed by atoms with Gasteiger partial charge in [-0.05, 0) is 67.6 Å². The van der Waals surface area contributed by atoms with Crippen LogP contribution in [0.1, 0.15) is 53.4 Å². The van der Waals surface area contributed by atoms with Crippen molar-refractivity contribution in [1.82, 2.24) is 15.2 Å². The van der Waals surface area contributed by atoms with Crippen LogP contribution in [0.4, 0.5) is 18.9 Å². The average Bonchev–Trinajstić information content (AvgIpc) is 3.39. The number of carbonyl (C=O) groups is 2. The minimum atomic E-state index is -4.49. The van der Waals surface area contributed by atoms with E-state index < -0.39 is 45.4 Å². The van der Waals surface area contributed by atoms with E-state index >= 15 is 0 Å². The lowest BCUT2D eigenvalue weighted by Crippen LogP contribution is -2.51. The number of carboxylic acid groups (broad SMARTS) is 1. The summed E-state index contributed by atoms with van der Waals surface area (Å²) in [7, 11) is -2.17. The number of alkyl halides is 3. The lowest BCUT2D eigenvalue weighted by Gasteiger charge is -2.32. The summed E-state index contributed by atoms with van der Waals surface area (Å²) < 4.78 is 68.7. The zero-order valence-corrected chi connectivity index (χ0v) is 27.8. The predicted molar refractivity (Wildman–Crippen MR) is 177 cm³/mol. The van der Waals surface area contributed by atoms with E-state index in [1.165, 1.54) is 17.4 Å². The molecule has 1 aliphatic rings. The van der Waals surface area contributed by atoms with Gasteiger partial charge >= 0.3 is 6.18 Å². The molecule has 0 bridgehead atoms. The van der Waals surface area contributed by atoms with Crippen LogP contribution in [-0.2, 0) is 45.3 Å². The van der Waals surface area contributed by atoms with E-state index in [4.69, 9.17) is 9.90 Å². The van der Waals surface area contributed by atoms with Gasteiger partial charge in [0.15, 0.2) is 0 Å². The van der Waals surface area contributed by atoms with Crippen LogP contribution in [0.5, 0.6) is 0 Å². The molecular weight excluding hydrogens is 649 g/mol. The van der Waals surface area contributed by atoms with E-state index in [0.29, 0.717) is 17.7 Å². The highest BCUT2D eigenvalue weighted by atomic mass is 32.2. The SMILES string of the molecule is CCc1cn2c3c(cc(C(=O)N[C@@H](Cc4ccccc4)[C@H](O)CNC(C)(C)c4cccc(C(F)(F)F)c4)cc13)N(C)S(=O)(=O)C2.O=CO. The second-order valence-corrected chi connectivity index (χ2v) is 14.1. The van der Waals surface area contributed by atoms with Crippen molar-refractivity contribution < 1.29 is 41.4 Å². The quantitative estimate of drug-likeness (QED) is 0.174. The molecule has 0 spiro atoms. The van der Waals surface area contributed by atoms with Gasteiger partial charge in [0.25, 0.3) is 22.4 Å². The van der Waals surface area contributed by atoms with Crippen LogP contribution >= 0.6 is 0 Å². The topological polar surface area (TPSA) is 141 Å². The molecule has 48 heavy (non-hydrogen) atoms. The van der Waals surface area contributed by atoms with Gasteiger partial charge in [-0.15, -0.1) is 0 Å². The number of nitrogens with zero attached hydrogens (tertiary/aromatic N) is 2. The van der Waals surface area contributed by atoms with Crippen molar-refractivity contribution in [2.75, 3.05) is 17.9 Å².